The highest BCUT2D eigenvalue weighted by Crippen LogP contribution is 2.30. The van der Waals surface area contributed by atoms with Crippen LogP contribution in [0.25, 0.3) is 34.3 Å². The Hall–Kier alpha value is -3.74. The van der Waals surface area contributed by atoms with E-state index in [1.54, 1.807) is 43.3 Å². The van der Waals surface area contributed by atoms with Crippen molar-refractivity contribution in [2.24, 2.45) is 0 Å². The van der Waals surface area contributed by atoms with E-state index in [-0.39, 0.29) is 39.8 Å². The number of nitrogens with one attached hydrogen (secondary N) is 1. The van der Waals surface area contributed by atoms with Crippen LogP contribution in [0.2, 0.25) is 0 Å². The van der Waals surface area contributed by atoms with Crippen molar-refractivity contribution < 1.29 is 22.0 Å². The number of benzene rings is 2. The SMILES string of the molecule is CCC(C)S(=O)(=O)c1ccc(-c2cnc(N)c(-c3nnc(-c4ccc(CNC5CCOC5)cc4F)o3)n2)cc1. The number of ether oxygens (including phenoxy) is 1. The molecule has 5 rings (SSSR count). The highest BCUT2D eigenvalue weighted by Gasteiger charge is 2.23. The van der Waals surface area contributed by atoms with Crippen LogP contribution in [0.5, 0.6) is 0 Å². The standard InChI is InChI=1S/C27H29FN6O4S/c1-3-16(2)39(35,36)20-7-5-18(6-8-20)23-14-31-25(29)24(32-23)27-34-33-26(38-27)21-9-4-17(12-22(21)28)13-30-19-10-11-37-15-19/h4-9,12,14,16,19,30H,3,10-11,13,15H2,1-2H3,(H2,29,31). The van der Waals surface area contributed by atoms with Crippen molar-refractivity contribution in [3.05, 3.63) is 60.0 Å². The quantitative estimate of drug-likeness (QED) is 0.312. The highest BCUT2D eigenvalue weighted by atomic mass is 32.2. The second-order valence-electron chi connectivity index (χ2n) is 9.45. The average molecular weight is 553 g/mol. The lowest BCUT2D eigenvalue weighted by Gasteiger charge is -2.11. The van der Waals surface area contributed by atoms with Gasteiger partial charge in [-0.25, -0.2) is 22.8 Å². The molecule has 3 N–H and O–H groups in total. The van der Waals surface area contributed by atoms with E-state index in [4.69, 9.17) is 14.9 Å². The fourth-order valence-electron chi connectivity index (χ4n) is 4.19. The Morgan fingerprint density at radius 1 is 1.15 bits per heavy atom. The average Bonchev–Trinajstić information content (AvgIpc) is 3.65. The molecular weight excluding hydrogens is 523 g/mol. The first kappa shape index (κ1) is 26.9. The van der Waals surface area contributed by atoms with Gasteiger partial charge in [0.25, 0.3) is 11.8 Å². The van der Waals surface area contributed by atoms with E-state index >= 15 is 0 Å². The minimum atomic E-state index is -3.41. The minimum absolute atomic E-state index is 0.0146. The van der Waals surface area contributed by atoms with E-state index < -0.39 is 20.9 Å². The first-order valence-corrected chi connectivity index (χ1v) is 14.2. The molecule has 1 aliphatic heterocycles. The van der Waals surface area contributed by atoms with Crippen LogP contribution in [-0.2, 0) is 21.1 Å². The van der Waals surface area contributed by atoms with E-state index in [9.17, 15) is 12.8 Å². The van der Waals surface area contributed by atoms with Crippen molar-refractivity contribution in [1.29, 1.82) is 0 Å². The van der Waals surface area contributed by atoms with Gasteiger partial charge in [-0.2, -0.15) is 0 Å². The predicted molar refractivity (Wildman–Crippen MR) is 144 cm³/mol. The molecule has 12 heteroatoms. The maximum Gasteiger partial charge on any atom is 0.270 e. The number of sulfone groups is 1. The van der Waals surface area contributed by atoms with Gasteiger partial charge in [0, 0.05) is 24.8 Å². The van der Waals surface area contributed by atoms with Crippen molar-refractivity contribution in [3.63, 3.8) is 0 Å². The van der Waals surface area contributed by atoms with E-state index in [1.165, 1.54) is 12.3 Å². The number of aromatic nitrogens is 4. The van der Waals surface area contributed by atoms with Crippen LogP contribution in [0, 0.1) is 5.82 Å². The molecule has 39 heavy (non-hydrogen) atoms. The summed E-state index contributed by atoms with van der Waals surface area (Å²) in [4.78, 5) is 8.94. The van der Waals surface area contributed by atoms with Crippen molar-refractivity contribution in [2.45, 2.75) is 49.4 Å². The molecule has 0 saturated carbocycles. The second-order valence-corrected chi connectivity index (χ2v) is 11.8. The smallest absolute Gasteiger partial charge is 0.270 e. The number of hydrogen-bond acceptors (Lipinski definition) is 10. The van der Waals surface area contributed by atoms with Gasteiger partial charge in [0.1, 0.15) is 5.82 Å². The maximum atomic E-state index is 14.9. The van der Waals surface area contributed by atoms with Gasteiger partial charge in [0.05, 0.1) is 34.2 Å². The third-order valence-electron chi connectivity index (χ3n) is 6.80. The molecule has 2 unspecified atom stereocenters. The number of nitrogens with two attached hydrogens (primary N) is 1. The van der Waals surface area contributed by atoms with E-state index in [2.05, 4.69) is 25.5 Å². The summed E-state index contributed by atoms with van der Waals surface area (Å²) in [5.74, 6) is -0.466. The molecule has 0 radical (unpaired) electrons. The molecule has 2 atom stereocenters. The zero-order valence-electron chi connectivity index (χ0n) is 21.6. The Labute approximate surface area is 225 Å². The van der Waals surface area contributed by atoms with Crippen molar-refractivity contribution >= 4 is 15.7 Å². The largest absolute Gasteiger partial charge is 0.414 e. The van der Waals surface area contributed by atoms with Crippen LogP contribution in [-0.4, -0.2) is 53.1 Å². The molecule has 0 aliphatic carbocycles. The van der Waals surface area contributed by atoms with Gasteiger partial charge < -0.3 is 20.2 Å². The molecule has 1 fully saturated rings. The summed E-state index contributed by atoms with van der Waals surface area (Å²) in [6, 6.07) is 11.5. The van der Waals surface area contributed by atoms with E-state index in [1.807, 2.05) is 6.92 Å². The Balaban J connectivity index is 1.36. The van der Waals surface area contributed by atoms with Crippen LogP contribution in [0.1, 0.15) is 32.3 Å². The van der Waals surface area contributed by atoms with Crippen LogP contribution in [0.4, 0.5) is 10.2 Å². The topological polar surface area (TPSA) is 146 Å². The number of nitrogen functional groups attached to an aromatic ring is 1. The van der Waals surface area contributed by atoms with Crippen molar-refractivity contribution in [1.82, 2.24) is 25.5 Å². The summed E-state index contributed by atoms with van der Waals surface area (Å²) < 4.78 is 51.3. The first-order valence-electron chi connectivity index (χ1n) is 12.7. The van der Waals surface area contributed by atoms with Gasteiger partial charge in [0.2, 0.25) is 0 Å². The molecule has 1 saturated heterocycles. The Morgan fingerprint density at radius 2 is 1.92 bits per heavy atom. The van der Waals surface area contributed by atoms with Crippen LogP contribution in [0.3, 0.4) is 0 Å². The van der Waals surface area contributed by atoms with Gasteiger partial charge in [-0.1, -0.05) is 25.1 Å². The molecule has 2 aromatic carbocycles. The monoisotopic (exact) mass is 552 g/mol. The lowest BCUT2D eigenvalue weighted by molar-refractivity contribution is 0.190. The van der Waals surface area contributed by atoms with Crippen molar-refractivity contribution in [2.75, 3.05) is 18.9 Å². The van der Waals surface area contributed by atoms with Crippen LogP contribution < -0.4 is 11.1 Å². The lowest BCUT2D eigenvalue weighted by Crippen LogP contribution is -2.28. The van der Waals surface area contributed by atoms with Crippen LogP contribution in [0.15, 0.2) is 58.0 Å². The fourth-order valence-corrected chi connectivity index (χ4v) is 5.61. The van der Waals surface area contributed by atoms with Gasteiger partial charge >= 0.3 is 0 Å². The Bertz CT molecular complexity index is 1570. The molecule has 0 spiro atoms. The summed E-state index contributed by atoms with van der Waals surface area (Å²) in [5.41, 5.74) is 8.19. The second kappa shape index (κ2) is 11.2. The van der Waals surface area contributed by atoms with Gasteiger partial charge in [-0.15, -0.1) is 10.2 Å². The normalized spacial score (nSPS) is 16.4. The maximum absolute atomic E-state index is 14.9. The number of anilines is 1. The fraction of sp³-hybridized carbons (Fsp3) is 0.333. The third-order valence-corrected chi connectivity index (χ3v) is 9.12. The molecule has 10 nitrogen and oxygen atoms in total. The van der Waals surface area contributed by atoms with Crippen molar-refractivity contribution in [3.8, 4) is 34.3 Å². The lowest BCUT2D eigenvalue weighted by atomic mass is 10.1. The summed E-state index contributed by atoms with van der Waals surface area (Å²) in [7, 11) is -3.41. The Morgan fingerprint density at radius 3 is 2.62 bits per heavy atom. The number of nitrogens with zero attached hydrogens (tertiary/aromatic N) is 4. The minimum Gasteiger partial charge on any atom is -0.414 e. The van der Waals surface area contributed by atoms with Crippen LogP contribution >= 0.6 is 0 Å². The molecule has 0 amide bonds. The number of halogens is 1. The molecule has 4 aromatic rings. The summed E-state index contributed by atoms with van der Waals surface area (Å²) >= 11 is 0. The zero-order chi connectivity index (χ0) is 27.6. The number of rotatable bonds is 9. The number of hydrogen-bond donors (Lipinski definition) is 2. The van der Waals surface area contributed by atoms with E-state index in [0.717, 1.165) is 18.6 Å². The van der Waals surface area contributed by atoms with Gasteiger partial charge in [0.15, 0.2) is 21.3 Å². The predicted octanol–water partition coefficient (Wildman–Crippen LogP) is 4.03. The summed E-state index contributed by atoms with van der Waals surface area (Å²) in [6.45, 7) is 5.43. The molecule has 1 aliphatic rings. The molecule has 3 heterocycles. The highest BCUT2D eigenvalue weighted by molar-refractivity contribution is 7.92. The third kappa shape index (κ3) is 5.68. The van der Waals surface area contributed by atoms with Gasteiger partial charge in [-0.05, 0) is 49.6 Å². The van der Waals surface area contributed by atoms with E-state index in [0.29, 0.717) is 30.8 Å². The molecule has 0 bridgehead atoms. The Kier molecular flexibility index (Phi) is 7.69. The molecule has 204 valence electrons. The summed E-state index contributed by atoms with van der Waals surface area (Å²) in [6.07, 6.45) is 2.92. The summed E-state index contributed by atoms with van der Waals surface area (Å²) in [5, 5.41) is 10.9. The first-order chi connectivity index (χ1) is 18.8. The van der Waals surface area contributed by atoms with Gasteiger partial charge in [-0.3, -0.25) is 0 Å². The molecular formula is C27H29FN6O4S. The zero-order valence-corrected chi connectivity index (χ0v) is 22.4. The molecule has 2 aromatic heterocycles.